The number of carbonyl (C=O) groups is 2. The minimum atomic E-state index is -3.45. The van der Waals surface area contributed by atoms with E-state index in [4.69, 9.17) is 5.11 Å². The van der Waals surface area contributed by atoms with Gasteiger partial charge in [0.25, 0.3) is 0 Å². The molecule has 1 heterocycles. The van der Waals surface area contributed by atoms with Crippen LogP contribution in [-0.2, 0) is 26.0 Å². The summed E-state index contributed by atoms with van der Waals surface area (Å²) in [4.78, 5) is 22.0. The fourth-order valence-electron chi connectivity index (χ4n) is 1.60. The molecule has 1 aromatic rings. The lowest BCUT2D eigenvalue weighted by Gasteiger charge is -2.06. The van der Waals surface area contributed by atoms with Gasteiger partial charge in [-0.15, -0.1) is 0 Å². The number of aromatic nitrogens is 2. The maximum absolute atomic E-state index is 11.6. The molecule has 0 unspecified atom stereocenters. The van der Waals surface area contributed by atoms with Crippen LogP contribution in [0.4, 0.5) is 5.82 Å². The highest BCUT2D eigenvalue weighted by Gasteiger charge is 2.18. The van der Waals surface area contributed by atoms with Gasteiger partial charge in [-0.1, -0.05) is 13.8 Å². The van der Waals surface area contributed by atoms with Gasteiger partial charge in [-0.2, -0.15) is 5.10 Å². The van der Waals surface area contributed by atoms with Crippen LogP contribution < -0.4 is 5.32 Å². The lowest BCUT2D eigenvalue weighted by atomic mass is 10.3. The zero-order valence-corrected chi connectivity index (χ0v) is 12.1. The Morgan fingerprint density at radius 3 is 2.65 bits per heavy atom. The van der Waals surface area contributed by atoms with Gasteiger partial charge in [0.15, 0.2) is 15.7 Å². The zero-order valence-electron chi connectivity index (χ0n) is 11.2. The van der Waals surface area contributed by atoms with Crippen molar-refractivity contribution in [2.45, 2.75) is 20.4 Å². The molecular weight excluding hydrogens is 286 g/mol. The third kappa shape index (κ3) is 5.83. The van der Waals surface area contributed by atoms with E-state index >= 15 is 0 Å². The summed E-state index contributed by atoms with van der Waals surface area (Å²) in [5, 5.41) is 14.7. The first-order valence-electron chi connectivity index (χ1n) is 5.93. The summed E-state index contributed by atoms with van der Waals surface area (Å²) in [5.74, 6) is -2.36. The molecule has 0 aliphatic carbocycles. The van der Waals surface area contributed by atoms with E-state index < -0.39 is 27.5 Å². The van der Waals surface area contributed by atoms with E-state index in [0.717, 1.165) is 4.68 Å². The van der Waals surface area contributed by atoms with Crippen LogP contribution in [-0.4, -0.2) is 46.7 Å². The van der Waals surface area contributed by atoms with Crippen LogP contribution >= 0.6 is 0 Å². The molecule has 0 aromatic carbocycles. The normalized spacial score (nSPS) is 11.6. The van der Waals surface area contributed by atoms with Crippen LogP contribution in [0.15, 0.2) is 12.3 Å². The minimum Gasteiger partial charge on any atom is -0.480 e. The van der Waals surface area contributed by atoms with E-state index in [2.05, 4.69) is 10.4 Å². The largest absolute Gasteiger partial charge is 0.480 e. The van der Waals surface area contributed by atoms with Crippen molar-refractivity contribution in [1.29, 1.82) is 0 Å². The Hall–Kier alpha value is -1.90. The number of rotatable bonds is 7. The fourth-order valence-corrected chi connectivity index (χ4v) is 3.21. The van der Waals surface area contributed by atoms with Crippen molar-refractivity contribution in [3.63, 3.8) is 0 Å². The third-order valence-corrected chi connectivity index (χ3v) is 4.02. The Bertz CT molecular complexity index is 591. The zero-order chi connectivity index (χ0) is 15.3. The highest BCUT2D eigenvalue weighted by molar-refractivity contribution is 7.92. The quantitative estimate of drug-likeness (QED) is 0.730. The lowest BCUT2D eigenvalue weighted by molar-refractivity contribution is -0.137. The van der Waals surface area contributed by atoms with Gasteiger partial charge in [0.1, 0.15) is 12.3 Å². The SMILES string of the molecule is CC(C)CS(=O)(=O)CC(=O)Nc1ccn(CC(=O)O)n1. The van der Waals surface area contributed by atoms with E-state index in [9.17, 15) is 18.0 Å². The Morgan fingerprint density at radius 2 is 2.10 bits per heavy atom. The van der Waals surface area contributed by atoms with Crippen LogP contribution in [0, 0.1) is 5.92 Å². The van der Waals surface area contributed by atoms with Gasteiger partial charge in [-0.05, 0) is 5.92 Å². The number of sulfone groups is 1. The summed E-state index contributed by atoms with van der Waals surface area (Å²) >= 11 is 0. The van der Waals surface area contributed by atoms with Crippen molar-refractivity contribution in [2.75, 3.05) is 16.8 Å². The predicted octanol–water partition coefficient (Wildman–Crippen LogP) is -0.0230. The molecule has 1 rings (SSSR count). The van der Waals surface area contributed by atoms with E-state index in [-0.39, 0.29) is 24.0 Å². The van der Waals surface area contributed by atoms with Crippen LogP contribution in [0.2, 0.25) is 0 Å². The minimum absolute atomic E-state index is 0.0532. The summed E-state index contributed by atoms with van der Waals surface area (Å²) in [6.07, 6.45) is 1.38. The standard InChI is InChI=1S/C11H17N3O5S/c1-8(2)6-20(18,19)7-10(15)12-9-3-4-14(13-9)5-11(16)17/h3-4,8H,5-7H2,1-2H3,(H,16,17)(H,12,13,15). The molecule has 2 N–H and O–H groups in total. The number of carbonyl (C=O) groups excluding carboxylic acids is 1. The molecule has 0 atom stereocenters. The van der Waals surface area contributed by atoms with Crippen molar-refractivity contribution >= 4 is 27.5 Å². The number of amides is 1. The second kappa shape index (κ2) is 6.51. The van der Waals surface area contributed by atoms with Gasteiger partial charge < -0.3 is 10.4 Å². The number of anilines is 1. The molecule has 0 bridgehead atoms. The van der Waals surface area contributed by atoms with Gasteiger partial charge >= 0.3 is 5.97 Å². The van der Waals surface area contributed by atoms with Crippen molar-refractivity contribution in [1.82, 2.24) is 9.78 Å². The second-order valence-corrected chi connectivity index (χ2v) is 6.90. The molecule has 8 nitrogen and oxygen atoms in total. The van der Waals surface area contributed by atoms with E-state index in [1.165, 1.54) is 12.3 Å². The highest BCUT2D eigenvalue weighted by atomic mass is 32.2. The molecule has 0 aliphatic heterocycles. The number of hydrogen-bond donors (Lipinski definition) is 2. The van der Waals surface area contributed by atoms with Gasteiger partial charge in [-0.3, -0.25) is 14.3 Å². The summed E-state index contributed by atoms with van der Waals surface area (Å²) in [5.41, 5.74) is 0. The number of carboxylic acids is 1. The molecule has 0 fully saturated rings. The first-order valence-corrected chi connectivity index (χ1v) is 7.75. The molecule has 1 amide bonds. The maximum atomic E-state index is 11.6. The third-order valence-electron chi connectivity index (χ3n) is 2.14. The average Bonchev–Trinajstić information content (AvgIpc) is 2.60. The predicted molar refractivity (Wildman–Crippen MR) is 72.0 cm³/mol. The number of nitrogens with one attached hydrogen (secondary N) is 1. The molecule has 0 saturated heterocycles. The maximum Gasteiger partial charge on any atom is 0.325 e. The van der Waals surface area contributed by atoms with E-state index in [1.807, 2.05) is 0 Å². The molecule has 0 spiro atoms. The van der Waals surface area contributed by atoms with Crippen molar-refractivity contribution < 1.29 is 23.1 Å². The van der Waals surface area contributed by atoms with Crippen molar-refractivity contribution in [3.8, 4) is 0 Å². The summed E-state index contributed by atoms with van der Waals surface area (Å²) in [6.45, 7) is 3.17. The first kappa shape index (κ1) is 16.2. The second-order valence-electron chi connectivity index (χ2n) is 4.79. The van der Waals surface area contributed by atoms with Crippen LogP contribution in [0.5, 0.6) is 0 Å². The van der Waals surface area contributed by atoms with Gasteiger partial charge in [0, 0.05) is 12.3 Å². The Kier molecular flexibility index (Phi) is 5.26. The molecule has 9 heteroatoms. The molecular formula is C11H17N3O5S. The van der Waals surface area contributed by atoms with Crippen molar-refractivity contribution in [3.05, 3.63) is 12.3 Å². The Balaban J connectivity index is 2.58. The smallest absolute Gasteiger partial charge is 0.325 e. The summed E-state index contributed by atoms with van der Waals surface area (Å²) in [6, 6.07) is 1.40. The van der Waals surface area contributed by atoms with Gasteiger partial charge in [0.2, 0.25) is 5.91 Å². The highest BCUT2D eigenvalue weighted by Crippen LogP contribution is 2.05. The lowest BCUT2D eigenvalue weighted by Crippen LogP contribution is -2.26. The molecule has 112 valence electrons. The van der Waals surface area contributed by atoms with Crippen molar-refractivity contribution in [2.24, 2.45) is 5.92 Å². The molecule has 20 heavy (non-hydrogen) atoms. The number of hydrogen-bond acceptors (Lipinski definition) is 5. The number of nitrogens with zero attached hydrogens (tertiary/aromatic N) is 2. The average molecular weight is 303 g/mol. The first-order chi connectivity index (χ1) is 9.18. The topological polar surface area (TPSA) is 118 Å². The summed E-state index contributed by atoms with van der Waals surface area (Å²) in [7, 11) is -3.45. The van der Waals surface area contributed by atoms with Crippen LogP contribution in [0.3, 0.4) is 0 Å². The Labute approximate surface area is 116 Å². The van der Waals surface area contributed by atoms with Gasteiger partial charge in [0.05, 0.1) is 5.75 Å². The van der Waals surface area contributed by atoms with E-state index in [0.29, 0.717) is 0 Å². The van der Waals surface area contributed by atoms with Crippen LogP contribution in [0.1, 0.15) is 13.8 Å². The number of aliphatic carboxylic acids is 1. The summed E-state index contributed by atoms with van der Waals surface area (Å²) < 4.78 is 24.4. The molecule has 0 radical (unpaired) electrons. The number of carboxylic acid groups (broad SMARTS) is 1. The van der Waals surface area contributed by atoms with E-state index in [1.54, 1.807) is 13.8 Å². The van der Waals surface area contributed by atoms with Gasteiger partial charge in [-0.25, -0.2) is 8.42 Å². The molecule has 1 aromatic heterocycles. The van der Waals surface area contributed by atoms with Crippen LogP contribution in [0.25, 0.3) is 0 Å². The Morgan fingerprint density at radius 1 is 1.45 bits per heavy atom. The fraction of sp³-hybridized carbons (Fsp3) is 0.545. The molecule has 0 saturated carbocycles. The monoisotopic (exact) mass is 303 g/mol. The molecule has 0 aliphatic rings.